The van der Waals surface area contributed by atoms with Crippen LogP contribution in [0.2, 0.25) is 0 Å². The van der Waals surface area contributed by atoms with E-state index in [1.807, 2.05) is 39.8 Å². The predicted octanol–water partition coefficient (Wildman–Crippen LogP) is 3.53. The lowest BCUT2D eigenvalue weighted by Crippen LogP contribution is -2.49. The Bertz CT molecular complexity index is 1330. The van der Waals surface area contributed by atoms with Crippen LogP contribution in [0, 0.1) is 6.92 Å². The number of nitrogens with zero attached hydrogens (tertiary/aromatic N) is 5. The number of hydrogen-bond donors (Lipinski definition) is 1. The molecule has 1 aromatic carbocycles. The Labute approximate surface area is 214 Å². The summed E-state index contributed by atoms with van der Waals surface area (Å²) in [4.78, 5) is 29.8. The van der Waals surface area contributed by atoms with E-state index in [0.717, 1.165) is 5.56 Å². The van der Waals surface area contributed by atoms with Crippen LogP contribution >= 0.6 is 0 Å². The zero-order valence-electron chi connectivity index (χ0n) is 21.5. The smallest absolute Gasteiger partial charge is 0.251 e. The first-order valence-electron chi connectivity index (χ1n) is 11.8. The second kappa shape index (κ2) is 10.7. The number of nitrogens with one attached hydrogen (secondary N) is 1. The van der Waals surface area contributed by atoms with Gasteiger partial charge in [0.05, 0.1) is 13.4 Å². The zero-order valence-corrected chi connectivity index (χ0v) is 21.5. The molecule has 0 aliphatic carbocycles. The maximum absolute atomic E-state index is 13.7. The van der Waals surface area contributed by atoms with Gasteiger partial charge in [0.25, 0.3) is 5.91 Å². The van der Waals surface area contributed by atoms with Crippen molar-refractivity contribution in [2.45, 2.75) is 52.4 Å². The second-order valence-electron chi connectivity index (χ2n) is 9.58. The van der Waals surface area contributed by atoms with E-state index in [1.54, 1.807) is 43.5 Å². The summed E-state index contributed by atoms with van der Waals surface area (Å²) >= 11 is 0. The molecule has 194 valence electrons. The number of amides is 2. The molecule has 11 heteroatoms. The summed E-state index contributed by atoms with van der Waals surface area (Å²) in [5, 5.41) is 15.3. The first kappa shape index (κ1) is 25.7. The lowest BCUT2D eigenvalue weighted by Gasteiger charge is -2.32. The van der Waals surface area contributed by atoms with Gasteiger partial charge in [-0.25, -0.2) is 0 Å². The average molecular weight is 507 g/mol. The zero-order chi connectivity index (χ0) is 26.6. The summed E-state index contributed by atoms with van der Waals surface area (Å²) in [6.45, 7) is 7.31. The highest BCUT2D eigenvalue weighted by Gasteiger charge is 2.35. The van der Waals surface area contributed by atoms with Crippen LogP contribution in [-0.4, -0.2) is 49.6 Å². The van der Waals surface area contributed by atoms with E-state index in [9.17, 15) is 9.59 Å². The molecular weight excluding hydrogens is 476 g/mol. The van der Waals surface area contributed by atoms with Crippen LogP contribution in [-0.2, 0) is 22.7 Å². The van der Waals surface area contributed by atoms with Gasteiger partial charge in [-0.1, -0.05) is 12.1 Å². The predicted molar refractivity (Wildman–Crippen MR) is 133 cm³/mol. The molecule has 0 aliphatic heterocycles. The van der Waals surface area contributed by atoms with E-state index >= 15 is 0 Å². The molecule has 4 aromatic rings. The largest absolute Gasteiger partial charge is 0.497 e. The summed E-state index contributed by atoms with van der Waals surface area (Å²) < 4.78 is 16.4. The molecule has 0 saturated heterocycles. The van der Waals surface area contributed by atoms with Gasteiger partial charge in [0.2, 0.25) is 11.7 Å². The molecule has 1 atom stereocenters. The van der Waals surface area contributed by atoms with Crippen molar-refractivity contribution in [3.05, 3.63) is 71.9 Å². The Morgan fingerprint density at radius 1 is 1.14 bits per heavy atom. The number of furan rings is 2. The molecule has 0 spiro atoms. The molecular formula is C26H30N6O5. The molecule has 0 saturated carbocycles. The third kappa shape index (κ3) is 6.43. The monoisotopic (exact) mass is 506 g/mol. The maximum atomic E-state index is 13.7. The molecule has 4 rings (SSSR count). The van der Waals surface area contributed by atoms with Gasteiger partial charge >= 0.3 is 0 Å². The molecule has 0 aliphatic rings. The standard InChI is InChI=1S/C26H30N6O5/c1-17-8-13-21(37-17)24-28-30-32(29-24)16-22(33)31(15-18-9-11-19(35-5)12-10-18)23(20-7-6-14-36-20)25(34)27-26(2,3)4/h6-14,23H,15-16H2,1-5H3,(H,27,34)/t23-/m0/s1. The molecule has 37 heavy (non-hydrogen) atoms. The summed E-state index contributed by atoms with van der Waals surface area (Å²) in [6.07, 6.45) is 1.47. The summed E-state index contributed by atoms with van der Waals surface area (Å²) in [6, 6.07) is 13.1. The van der Waals surface area contributed by atoms with E-state index < -0.39 is 17.5 Å². The molecule has 11 nitrogen and oxygen atoms in total. The first-order chi connectivity index (χ1) is 17.6. The Morgan fingerprint density at radius 2 is 1.89 bits per heavy atom. The van der Waals surface area contributed by atoms with Gasteiger partial charge < -0.3 is 23.8 Å². The van der Waals surface area contributed by atoms with Gasteiger partial charge in [0, 0.05) is 12.1 Å². The number of hydrogen-bond acceptors (Lipinski definition) is 8. The van der Waals surface area contributed by atoms with Gasteiger partial charge in [-0.05, 0) is 74.9 Å². The van der Waals surface area contributed by atoms with E-state index in [-0.39, 0.29) is 24.8 Å². The number of ether oxygens (including phenoxy) is 1. The third-order valence-electron chi connectivity index (χ3n) is 5.39. The highest BCUT2D eigenvalue weighted by atomic mass is 16.5. The quantitative estimate of drug-likeness (QED) is 0.365. The van der Waals surface area contributed by atoms with Crippen molar-refractivity contribution < 1.29 is 23.2 Å². The number of carbonyl (C=O) groups excluding carboxylic acids is 2. The van der Waals surface area contributed by atoms with Gasteiger partial charge in [-0.3, -0.25) is 9.59 Å². The number of tetrazole rings is 1. The number of rotatable bonds is 9. The number of aromatic nitrogens is 4. The number of benzene rings is 1. The molecule has 0 unspecified atom stereocenters. The van der Waals surface area contributed by atoms with Crippen LogP contribution in [0.1, 0.15) is 43.9 Å². The summed E-state index contributed by atoms with van der Waals surface area (Å²) in [5.74, 6) is 1.66. The lowest BCUT2D eigenvalue weighted by molar-refractivity contribution is -0.143. The van der Waals surface area contributed by atoms with Gasteiger partial charge in [0.15, 0.2) is 11.8 Å². The maximum Gasteiger partial charge on any atom is 0.251 e. The van der Waals surface area contributed by atoms with Crippen molar-refractivity contribution >= 4 is 11.8 Å². The van der Waals surface area contributed by atoms with E-state index in [4.69, 9.17) is 13.6 Å². The van der Waals surface area contributed by atoms with E-state index in [0.29, 0.717) is 23.0 Å². The fourth-order valence-electron chi connectivity index (χ4n) is 3.74. The molecule has 3 heterocycles. The SMILES string of the molecule is COc1ccc(CN(C(=O)Cn2nnc(-c3ccc(C)o3)n2)[C@H](C(=O)NC(C)(C)C)c2ccco2)cc1. The minimum Gasteiger partial charge on any atom is -0.497 e. The van der Waals surface area contributed by atoms with Crippen LogP contribution in [0.3, 0.4) is 0 Å². The highest BCUT2D eigenvalue weighted by molar-refractivity contribution is 5.88. The van der Waals surface area contributed by atoms with Crippen molar-refractivity contribution in [3.8, 4) is 17.3 Å². The van der Waals surface area contributed by atoms with Crippen LogP contribution in [0.4, 0.5) is 0 Å². The van der Waals surface area contributed by atoms with Gasteiger partial charge in [-0.2, -0.15) is 4.80 Å². The first-order valence-corrected chi connectivity index (χ1v) is 11.8. The molecule has 2 amide bonds. The molecule has 0 fully saturated rings. The topological polar surface area (TPSA) is 129 Å². The number of methoxy groups -OCH3 is 1. The van der Waals surface area contributed by atoms with Gasteiger partial charge in [0.1, 0.15) is 23.8 Å². The lowest BCUT2D eigenvalue weighted by atomic mass is 10.1. The Kier molecular flexibility index (Phi) is 7.42. The van der Waals surface area contributed by atoms with Crippen LogP contribution in [0.25, 0.3) is 11.6 Å². The van der Waals surface area contributed by atoms with Crippen molar-refractivity contribution in [3.63, 3.8) is 0 Å². The fourth-order valence-corrected chi connectivity index (χ4v) is 3.74. The number of aryl methyl sites for hydroxylation is 1. The highest BCUT2D eigenvalue weighted by Crippen LogP contribution is 2.26. The van der Waals surface area contributed by atoms with Crippen molar-refractivity contribution in [1.82, 2.24) is 30.4 Å². The molecule has 0 radical (unpaired) electrons. The normalized spacial score (nSPS) is 12.2. The Hall–Kier alpha value is -4.41. The van der Waals surface area contributed by atoms with E-state index in [1.165, 1.54) is 16.0 Å². The third-order valence-corrected chi connectivity index (χ3v) is 5.39. The van der Waals surface area contributed by atoms with Crippen LogP contribution in [0.15, 0.2) is 63.6 Å². The molecule has 0 bridgehead atoms. The van der Waals surface area contributed by atoms with Crippen molar-refractivity contribution in [2.24, 2.45) is 0 Å². The van der Waals surface area contributed by atoms with Gasteiger partial charge in [-0.15, -0.1) is 10.2 Å². The molecule has 3 aromatic heterocycles. The Morgan fingerprint density at radius 3 is 2.49 bits per heavy atom. The van der Waals surface area contributed by atoms with Crippen LogP contribution < -0.4 is 10.1 Å². The average Bonchev–Trinajstić information content (AvgIpc) is 3.60. The Balaban J connectivity index is 1.66. The fraction of sp³-hybridized carbons (Fsp3) is 0.346. The van der Waals surface area contributed by atoms with Crippen LogP contribution in [0.5, 0.6) is 5.75 Å². The van der Waals surface area contributed by atoms with E-state index in [2.05, 4.69) is 20.7 Å². The minimum atomic E-state index is -1.03. The summed E-state index contributed by atoms with van der Waals surface area (Å²) in [5.41, 5.74) is 0.271. The molecule has 1 N–H and O–H groups in total. The number of carbonyl (C=O) groups is 2. The summed E-state index contributed by atoms with van der Waals surface area (Å²) in [7, 11) is 1.58. The van der Waals surface area contributed by atoms with Crippen molar-refractivity contribution in [1.29, 1.82) is 0 Å². The minimum absolute atomic E-state index is 0.130. The van der Waals surface area contributed by atoms with Crippen molar-refractivity contribution in [2.75, 3.05) is 7.11 Å². The second-order valence-corrected chi connectivity index (χ2v) is 9.58.